The Morgan fingerprint density at radius 1 is 1.47 bits per heavy atom. The van der Waals surface area contributed by atoms with Gasteiger partial charge < -0.3 is 0 Å². The highest BCUT2D eigenvalue weighted by Crippen LogP contribution is 2.29. The number of rotatable bonds is 2. The van der Waals surface area contributed by atoms with E-state index in [4.69, 9.17) is 11.6 Å². The maximum absolute atomic E-state index is 12.4. The molecule has 1 aliphatic rings. The van der Waals surface area contributed by atoms with Crippen molar-refractivity contribution < 1.29 is 8.42 Å². The van der Waals surface area contributed by atoms with Gasteiger partial charge in [-0.2, -0.15) is 4.31 Å². The normalized spacial score (nSPS) is 26.3. The van der Waals surface area contributed by atoms with Crippen molar-refractivity contribution >= 4 is 21.6 Å². The van der Waals surface area contributed by atoms with Crippen molar-refractivity contribution in [3.05, 3.63) is 23.5 Å². The summed E-state index contributed by atoms with van der Waals surface area (Å²) in [5.41, 5.74) is 0. The van der Waals surface area contributed by atoms with Gasteiger partial charge in [-0.1, -0.05) is 18.5 Å². The fourth-order valence-corrected chi connectivity index (χ4v) is 4.29. The molecule has 2 atom stereocenters. The van der Waals surface area contributed by atoms with Crippen LogP contribution in [0.15, 0.2) is 23.2 Å². The first-order valence-electron chi connectivity index (χ1n) is 5.54. The Balaban J connectivity index is 2.37. The predicted octanol–water partition coefficient (Wildman–Crippen LogP) is 2.15. The van der Waals surface area contributed by atoms with E-state index in [2.05, 4.69) is 11.9 Å². The minimum Gasteiger partial charge on any atom is -0.244 e. The monoisotopic (exact) mass is 274 g/mol. The summed E-state index contributed by atoms with van der Waals surface area (Å²) in [7, 11) is -3.43. The molecule has 0 N–H and O–H groups in total. The molecule has 4 nitrogen and oxygen atoms in total. The van der Waals surface area contributed by atoms with Gasteiger partial charge in [0.15, 0.2) is 0 Å². The van der Waals surface area contributed by atoms with E-state index in [0.29, 0.717) is 12.5 Å². The van der Waals surface area contributed by atoms with Crippen LogP contribution >= 0.6 is 11.6 Å². The fourth-order valence-electron chi connectivity index (χ4n) is 2.28. The van der Waals surface area contributed by atoms with Gasteiger partial charge >= 0.3 is 0 Å². The second-order valence-corrected chi connectivity index (χ2v) is 6.86. The summed E-state index contributed by atoms with van der Waals surface area (Å²) >= 11 is 5.73. The maximum atomic E-state index is 12.4. The quantitative estimate of drug-likeness (QED) is 0.777. The van der Waals surface area contributed by atoms with Crippen LogP contribution in [0.1, 0.15) is 20.3 Å². The minimum absolute atomic E-state index is 0.0435. The lowest BCUT2D eigenvalue weighted by atomic mass is 10.1. The number of sulfonamides is 1. The molecule has 6 heteroatoms. The standard InChI is InChI=1S/C11H15ClN2O2S/c1-8-5-9(2)14(7-8)17(15,16)10-3-4-13-11(12)6-10/h3-4,6,8-9H,5,7H2,1-2H3. The molecule has 17 heavy (non-hydrogen) atoms. The van der Waals surface area contributed by atoms with E-state index in [1.54, 1.807) is 4.31 Å². The molecule has 1 fully saturated rings. The van der Waals surface area contributed by atoms with Crippen molar-refractivity contribution in [2.45, 2.75) is 31.2 Å². The van der Waals surface area contributed by atoms with Crippen LogP contribution in [0.25, 0.3) is 0 Å². The van der Waals surface area contributed by atoms with Gasteiger partial charge in [-0.3, -0.25) is 0 Å². The molecule has 0 bridgehead atoms. The third-order valence-corrected chi connectivity index (χ3v) is 5.21. The van der Waals surface area contributed by atoms with Crippen molar-refractivity contribution in [2.75, 3.05) is 6.54 Å². The van der Waals surface area contributed by atoms with E-state index in [1.807, 2.05) is 6.92 Å². The number of hydrogen-bond donors (Lipinski definition) is 0. The molecule has 0 amide bonds. The van der Waals surface area contributed by atoms with E-state index in [9.17, 15) is 8.42 Å². The van der Waals surface area contributed by atoms with Gasteiger partial charge in [0, 0.05) is 18.8 Å². The Kier molecular flexibility index (Phi) is 3.43. The lowest BCUT2D eigenvalue weighted by molar-refractivity contribution is 0.405. The molecule has 0 radical (unpaired) electrons. The van der Waals surface area contributed by atoms with Crippen LogP contribution in [0.2, 0.25) is 5.15 Å². The van der Waals surface area contributed by atoms with Gasteiger partial charge in [-0.15, -0.1) is 0 Å². The van der Waals surface area contributed by atoms with E-state index in [1.165, 1.54) is 18.3 Å². The third kappa shape index (κ3) is 2.46. The Bertz CT molecular complexity index is 518. The Morgan fingerprint density at radius 2 is 2.18 bits per heavy atom. The molecule has 1 saturated heterocycles. The maximum Gasteiger partial charge on any atom is 0.243 e. The molecule has 2 rings (SSSR count). The molecule has 2 unspecified atom stereocenters. The van der Waals surface area contributed by atoms with Crippen LogP contribution in [0.5, 0.6) is 0 Å². The molecule has 2 heterocycles. The first-order valence-corrected chi connectivity index (χ1v) is 7.36. The zero-order valence-corrected chi connectivity index (χ0v) is 11.4. The summed E-state index contributed by atoms with van der Waals surface area (Å²) < 4.78 is 26.3. The van der Waals surface area contributed by atoms with Crippen LogP contribution in [0, 0.1) is 5.92 Å². The topological polar surface area (TPSA) is 50.3 Å². The summed E-state index contributed by atoms with van der Waals surface area (Å²) in [5, 5.41) is 0.200. The lowest BCUT2D eigenvalue weighted by Gasteiger charge is -2.20. The SMILES string of the molecule is CC1CC(C)N(S(=O)(=O)c2ccnc(Cl)c2)C1. The second kappa shape index (κ2) is 4.55. The van der Waals surface area contributed by atoms with Crippen molar-refractivity contribution in [2.24, 2.45) is 5.92 Å². The molecule has 0 aliphatic carbocycles. The molecule has 0 spiro atoms. The van der Waals surface area contributed by atoms with Crippen LogP contribution in [-0.2, 0) is 10.0 Å². The summed E-state index contributed by atoms with van der Waals surface area (Å²) in [6.45, 7) is 4.57. The fraction of sp³-hybridized carbons (Fsp3) is 0.545. The molecule has 0 saturated carbocycles. The van der Waals surface area contributed by atoms with Crippen LogP contribution in [-0.4, -0.2) is 30.3 Å². The van der Waals surface area contributed by atoms with Crippen molar-refractivity contribution in [1.82, 2.24) is 9.29 Å². The molecular formula is C11H15ClN2O2S. The Labute approximate surface area is 107 Å². The van der Waals surface area contributed by atoms with Crippen LogP contribution in [0.3, 0.4) is 0 Å². The van der Waals surface area contributed by atoms with Gasteiger partial charge in [-0.25, -0.2) is 13.4 Å². The average Bonchev–Trinajstić information content (AvgIpc) is 2.58. The van der Waals surface area contributed by atoms with E-state index in [0.717, 1.165) is 6.42 Å². The predicted molar refractivity (Wildman–Crippen MR) is 66.4 cm³/mol. The largest absolute Gasteiger partial charge is 0.244 e. The number of hydrogen-bond acceptors (Lipinski definition) is 3. The van der Waals surface area contributed by atoms with Gasteiger partial charge in [0.2, 0.25) is 10.0 Å². The molecule has 0 aromatic carbocycles. The van der Waals surface area contributed by atoms with Crippen molar-refractivity contribution in [3.63, 3.8) is 0 Å². The third-order valence-electron chi connectivity index (χ3n) is 3.03. The summed E-state index contributed by atoms with van der Waals surface area (Å²) in [5.74, 6) is 0.400. The first kappa shape index (κ1) is 12.8. The highest BCUT2D eigenvalue weighted by molar-refractivity contribution is 7.89. The van der Waals surface area contributed by atoms with Gasteiger partial charge in [0.1, 0.15) is 5.15 Å². The smallest absolute Gasteiger partial charge is 0.243 e. The van der Waals surface area contributed by atoms with E-state index < -0.39 is 10.0 Å². The number of halogens is 1. The summed E-state index contributed by atoms with van der Waals surface area (Å²) in [6.07, 6.45) is 2.32. The lowest BCUT2D eigenvalue weighted by Crippen LogP contribution is -2.34. The average molecular weight is 275 g/mol. The van der Waals surface area contributed by atoms with Gasteiger partial charge in [0.25, 0.3) is 0 Å². The molecule has 1 aromatic rings. The second-order valence-electron chi connectivity index (χ2n) is 4.58. The molecular weight excluding hydrogens is 260 g/mol. The first-order chi connectivity index (χ1) is 7.91. The number of aromatic nitrogens is 1. The molecule has 1 aliphatic heterocycles. The highest BCUT2D eigenvalue weighted by atomic mass is 35.5. The van der Waals surface area contributed by atoms with E-state index in [-0.39, 0.29) is 16.1 Å². The van der Waals surface area contributed by atoms with Gasteiger partial charge in [-0.05, 0) is 31.4 Å². The Morgan fingerprint density at radius 3 is 2.71 bits per heavy atom. The number of nitrogens with zero attached hydrogens (tertiary/aromatic N) is 2. The summed E-state index contributed by atoms with van der Waals surface area (Å²) in [6, 6.07) is 2.92. The van der Waals surface area contributed by atoms with Crippen molar-refractivity contribution in [3.8, 4) is 0 Å². The van der Waals surface area contributed by atoms with Crippen LogP contribution in [0.4, 0.5) is 0 Å². The highest BCUT2D eigenvalue weighted by Gasteiger charge is 2.36. The molecule has 1 aromatic heterocycles. The Hall–Kier alpha value is -0.650. The number of pyridine rings is 1. The van der Waals surface area contributed by atoms with Crippen molar-refractivity contribution in [1.29, 1.82) is 0 Å². The molecule has 94 valence electrons. The minimum atomic E-state index is -3.43. The zero-order chi connectivity index (χ0) is 12.6. The van der Waals surface area contributed by atoms with E-state index >= 15 is 0 Å². The van der Waals surface area contributed by atoms with Crippen LogP contribution < -0.4 is 0 Å². The van der Waals surface area contributed by atoms with Gasteiger partial charge in [0.05, 0.1) is 4.90 Å². The summed E-state index contributed by atoms with van der Waals surface area (Å²) in [4.78, 5) is 4.02. The zero-order valence-electron chi connectivity index (χ0n) is 9.80.